The highest BCUT2D eigenvalue weighted by atomic mass is 32.2. The monoisotopic (exact) mass is 622 g/mol. The first kappa shape index (κ1) is 30.2. The van der Waals surface area contributed by atoms with Crippen molar-refractivity contribution in [2.45, 2.75) is 68.8 Å². The van der Waals surface area contributed by atoms with Crippen LogP contribution in [0, 0.1) is 17.3 Å². The van der Waals surface area contributed by atoms with Crippen LogP contribution < -0.4 is 20.5 Å². The molecule has 3 heterocycles. The van der Waals surface area contributed by atoms with Crippen LogP contribution in [0.4, 0.5) is 11.4 Å². The quantitative estimate of drug-likeness (QED) is 0.288. The lowest BCUT2D eigenvalue weighted by Gasteiger charge is -2.56. The standard InChI is InChI=1S/C33H42N4O4S2/c1-3-26-27-6-4-7-29(36-23-9-11-24(12-10-23)37-21-33(22-37)15-18-41-19-16-33)32(27)42-31(26)8-5-17-35-28-14-13-25(43(34,38)39)20-30(28)40-2/h4,6-7,13-14,20,23-24,35-36H,3,9-12,15-19,21-22H2,1-2H3,(H2,34,38,39). The van der Waals surface area contributed by atoms with Gasteiger partial charge in [0.2, 0.25) is 10.0 Å². The third kappa shape index (κ3) is 6.52. The Bertz CT molecular complexity index is 1620. The van der Waals surface area contributed by atoms with Crippen molar-refractivity contribution in [3.05, 3.63) is 46.8 Å². The van der Waals surface area contributed by atoms with Crippen molar-refractivity contribution in [2.24, 2.45) is 10.6 Å². The summed E-state index contributed by atoms with van der Waals surface area (Å²) < 4.78 is 35.6. The van der Waals surface area contributed by atoms with Gasteiger partial charge in [0, 0.05) is 49.9 Å². The van der Waals surface area contributed by atoms with Crippen LogP contribution in [-0.4, -0.2) is 65.4 Å². The van der Waals surface area contributed by atoms with Gasteiger partial charge in [-0.15, -0.1) is 11.3 Å². The normalized spacial score (nSPS) is 22.0. The molecule has 4 N–H and O–H groups in total. The Balaban J connectivity index is 1.09. The molecule has 0 bridgehead atoms. The van der Waals surface area contributed by atoms with Gasteiger partial charge < -0.3 is 20.1 Å². The number of thiophene rings is 1. The Morgan fingerprint density at radius 2 is 1.88 bits per heavy atom. The molecular weight excluding hydrogens is 581 g/mol. The number of sulfonamides is 1. The number of anilines is 2. The van der Waals surface area contributed by atoms with Crippen molar-refractivity contribution in [1.29, 1.82) is 0 Å². The SMILES string of the molecule is CCc1c(C#CCNc2ccc(S(N)(=O)=O)cc2OC)sc2c(NC3CCC(N4CC5(CCOCC5)C4)CC3)cccc12. The van der Waals surface area contributed by atoms with Crippen LogP contribution >= 0.6 is 11.3 Å². The smallest absolute Gasteiger partial charge is 0.238 e. The maximum atomic E-state index is 11.7. The molecule has 2 aliphatic heterocycles. The van der Waals surface area contributed by atoms with E-state index in [0.717, 1.165) is 30.6 Å². The summed E-state index contributed by atoms with van der Waals surface area (Å²) in [6.07, 6.45) is 8.34. The minimum atomic E-state index is -3.80. The van der Waals surface area contributed by atoms with Gasteiger partial charge in [-0.2, -0.15) is 0 Å². The lowest BCUT2D eigenvalue weighted by Crippen LogP contribution is -2.62. The molecule has 1 spiro atoms. The zero-order valence-electron chi connectivity index (χ0n) is 25.1. The van der Waals surface area contributed by atoms with Gasteiger partial charge in [0.05, 0.1) is 39.5 Å². The number of fused-ring (bicyclic) bond motifs is 1. The molecular formula is C33H42N4O4S2. The number of aryl methyl sites for hydroxylation is 1. The molecule has 3 aromatic rings. The molecule has 1 aliphatic carbocycles. The van der Waals surface area contributed by atoms with E-state index in [0.29, 0.717) is 29.4 Å². The van der Waals surface area contributed by atoms with Crippen molar-refractivity contribution in [1.82, 2.24) is 4.90 Å². The molecule has 6 rings (SSSR count). The number of methoxy groups -OCH3 is 1. The number of nitrogens with two attached hydrogens (primary N) is 1. The van der Waals surface area contributed by atoms with Crippen LogP contribution in [0.1, 0.15) is 55.9 Å². The van der Waals surface area contributed by atoms with Crippen LogP contribution in [0.25, 0.3) is 10.1 Å². The predicted molar refractivity (Wildman–Crippen MR) is 175 cm³/mol. The third-order valence-corrected chi connectivity index (χ3v) is 11.6. The summed E-state index contributed by atoms with van der Waals surface area (Å²) in [7, 11) is -2.31. The van der Waals surface area contributed by atoms with Crippen LogP contribution in [0.15, 0.2) is 41.3 Å². The Labute approximate surface area is 259 Å². The molecule has 1 aromatic heterocycles. The summed E-state index contributed by atoms with van der Waals surface area (Å²) >= 11 is 1.77. The van der Waals surface area contributed by atoms with Gasteiger partial charge in [0.15, 0.2) is 0 Å². The van der Waals surface area contributed by atoms with Crippen LogP contribution in [0.2, 0.25) is 0 Å². The molecule has 3 fully saturated rings. The number of hydrogen-bond acceptors (Lipinski definition) is 8. The summed E-state index contributed by atoms with van der Waals surface area (Å²) in [6.45, 7) is 7.00. The van der Waals surface area contributed by atoms with Gasteiger partial charge in [-0.25, -0.2) is 13.6 Å². The lowest BCUT2D eigenvalue weighted by atomic mass is 9.71. The summed E-state index contributed by atoms with van der Waals surface area (Å²) in [5.74, 6) is 7.05. The van der Waals surface area contributed by atoms with Crippen LogP contribution in [0.5, 0.6) is 5.75 Å². The number of rotatable bonds is 8. The largest absolute Gasteiger partial charge is 0.495 e. The van der Waals surface area contributed by atoms with Crippen molar-refractivity contribution in [3.8, 4) is 17.6 Å². The fourth-order valence-electron chi connectivity index (χ4n) is 6.99. The fourth-order valence-corrected chi connectivity index (χ4v) is 8.77. The van der Waals surface area contributed by atoms with E-state index in [1.54, 1.807) is 17.4 Å². The molecule has 2 saturated heterocycles. The molecule has 2 aromatic carbocycles. The van der Waals surface area contributed by atoms with Crippen molar-refractivity contribution >= 4 is 42.8 Å². The molecule has 8 nitrogen and oxygen atoms in total. The van der Waals surface area contributed by atoms with E-state index in [2.05, 4.69) is 52.5 Å². The fraction of sp³-hybridized carbons (Fsp3) is 0.515. The average molecular weight is 623 g/mol. The molecule has 0 radical (unpaired) electrons. The van der Waals surface area contributed by atoms with E-state index in [1.165, 1.54) is 92.2 Å². The first-order valence-corrected chi connectivity index (χ1v) is 17.7. The van der Waals surface area contributed by atoms with E-state index in [9.17, 15) is 8.42 Å². The Kier molecular flexibility index (Phi) is 8.90. The molecule has 10 heteroatoms. The number of primary sulfonamides is 1. The van der Waals surface area contributed by atoms with Gasteiger partial charge in [-0.1, -0.05) is 30.9 Å². The van der Waals surface area contributed by atoms with Crippen molar-refractivity contribution in [2.75, 3.05) is 50.6 Å². The number of nitrogens with zero attached hydrogens (tertiary/aromatic N) is 1. The second-order valence-corrected chi connectivity index (χ2v) is 14.8. The van der Waals surface area contributed by atoms with Gasteiger partial charge in [0.1, 0.15) is 5.75 Å². The van der Waals surface area contributed by atoms with Gasteiger partial charge in [0.25, 0.3) is 0 Å². The lowest BCUT2D eigenvalue weighted by molar-refractivity contribution is -0.102. The molecule has 0 unspecified atom stereocenters. The summed E-state index contributed by atoms with van der Waals surface area (Å²) in [5, 5.41) is 13.7. The summed E-state index contributed by atoms with van der Waals surface area (Å²) in [4.78, 5) is 3.84. The van der Waals surface area contributed by atoms with Gasteiger partial charge in [-0.05, 0) is 74.1 Å². The minimum absolute atomic E-state index is 0.0101. The van der Waals surface area contributed by atoms with Crippen LogP contribution in [0.3, 0.4) is 0 Å². The Hall–Kier alpha value is -2.81. The number of nitrogens with one attached hydrogen (secondary N) is 2. The molecule has 43 heavy (non-hydrogen) atoms. The Morgan fingerprint density at radius 3 is 2.58 bits per heavy atom. The number of benzene rings is 2. The van der Waals surface area contributed by atoms with E-state index in [1.807, 2.05) is 0 Å². The van der Waals surface area contributed by atoms with Gasteiger partial charge in [-0.3, -0.25) is 4.90 Å². The highest BCUT2D eigenvalue weighted by molar-refractivity contribution is 7.89. The third-order valence-electron chi connectivity index (χ3n) is 9.45. The maximum absolute atomic E-state index is 11.7. The number of ether oxygens (including phenoxy) is 2. The summed E-state index contributed by atoms with van der Waals surface area (Å²) in [6, 6.07) is 12.3. The number of hydrogen-bond donors (Lipinski definition) is 3. The highest BCUT2D eigenvalue weighted by Crippen LogP contribution is 2.43. The number of likely N-dealkylation sites (tertiary alicyclic amines) is 1. The zero-order chi connectivity index (χ0) is 30.0. The Morgan fingerprint density at radius 1 is 1.12 bits per heavy atom. The highest BCUT2D eigenvalue weighted by Gasteiger charge is 2.46. The minimum Gasteiger partial charge on any atom is -0.495 e. The molecule has 230 valence electrons. The van der Waals surface area contributed by atoms with E-state index in [-0.39, 0.29) is 4.90 Å². The molecule has 0 amide bonds. The molecule has 3 aliphatic rings. The van der Waals surface area contributed by atoms with E-state index < -0.39 is 10.0 Å². The molecule has 1 saturated carbocycles. The molecule has 0 atom stereocenters. The summed E-state index contributed by atoms with van der Waals surface area (Å²) in [5.41, 5.74) is 3.71. The maximum Gasteiger partial charge on any atom is 0.238 e. The van der Waals surface area contributed by atoms with Crippen molar-refractivity contribution < 1.29 is 17.9 Å². The second-order valence-electron chi connectivity index (χ2n) is 12.2. The van der Waals surface area contributed by atoms with E-state index in [4.69, 9.17) is 14.6 Å². The topological polar surface area (TPSA) is 106 Å². The van der Waals surface area contributed by atoms with Gasteiger partial charge >= 0.3 is 0 Å². The second kappa shape index (κ2) is 12.7. The van der Waals surface area contributed by atoms with Crippen molar-refractivity contribution in [3.63, 3.8) is 0 Å². The zero-order valence-corrected chi connectivity index (χ0v) is 26.7. The first-order chi connectivity index (χ1) is 20.8. The van der Waals surface area contributed by atoms with E-state index >= 15 is 0 Å². The van der Waals surface area contributed by atoms with Crippen LogP contribution in [-0.2, 0) is 21.2 Å². The predicted octanol–water partition coefficient (Wildman–Crippen LogP) is 5.42. The average Bonchev–Trinajstić information content (AvgIpc) is 3.36. The first-order valence-electron chi connectivity index (χ1n) is 15.3.